The molecular formula is C10H14O3. The number of ether oxygens (including phenoxy) is 1. The number of esters is 1. The molecule has 0 saturated heterocycles. The van der Waals surface area contributed by atoms with Crippen molar-refractivity contribution in [2.24, 2.45) is 5.41 Å². The highest BCUT2D eigenvalue weighted by atomic mass is 16.5. The second-order valence-electron chi connectivity index (χ2n) is 3.96. The van der Waals surface area contributed by atoms with E-state index in [-0.39, 0.29) is 17.9 Å². The van der Waals surface area contributed by atoms with Crippen molar-refractivity contribution in [3.63, 3.8) is 0 Å². The predicted octanol–water partition coefficient (Wildman–Crippen LogP) is 1.47. The van der Waals surface area contributed by atoms with Gasteiger partial charge in [0.2, 0.25) is 0 Å². The van der Waals surface area contributed by atoms with Crippen LogP contribution in [0.1, 0.15) is 27.2 Å². The third-order valence-electron chi connectivity index (χ3n) is 2.16. The van der Waals surface area contributed by atoms with E-state index in [1.807, 2.05) is 13.8 Å². The molecule has 1 atom stereocenters. The molecular weight excluding hydrogens is 168 g/mol. The quantitative estimate of drug-likeness (QED) is 0.577. The van der Waals surface area contributed by atoms with Gasteiger partial charge in [-0.1, -0.05) is 13.8 Å². The lowest BCUT2D eigenvalue weighted by Gasteiger charge is -2.28. The zero-order valence-electron chi connectivity index (χ0n) is 8.16. The van der Waals surface area contributed by atoms with Crippen molar-refractivity contribution in [1.29, 1.82) is 0 Å². The van der Waals surface area contributed by atoms with Gasteiger partial charge in [-0.3, -0.25) is 9.59 Å². The van der Waals surface area contributed by atoms with E-state index in [2.05, 4.69) is 0 Å². The van der Waals surface area contributed by atoms with Gasteiger partial charge >= 0.3 is 5.97 Å². The summed E-state index contributed by atoms with van der Waals surface area (Å²) in [7, 11) is 0. The predicted molar refractivity (Wildman–Crippen MR) is 48.1 cm³/mol. The Kier molecular flexibility index (Phi) is 2.55. The van der Waals surface area contributed by atoms with Gasteiger partial charge < -0.3 is 4.74 Å². The normalized spacial score (nSPS) is 25.8. The molecule has 1 aliphatic rings. The molecule has 0 aromatic heterocycles. The molecule has 0 N–H and O–H groups in total. The van der Waals surface area contributed by atoms with E-state index in [4.69, 9.17) is 4.74 Å². The highest BCUT2D eigenvalue weighted by Crippen LogP contribution is 2.29. The minimum absolute atomic E-state index is 0.0934. The van der Waals surface area contributed by atoms with Gasteiger partial charge in [-0.25, -0.2) is 0 Å². The molecule has 1 rings (SSSR count). The van der Waals surface area contributed by atoms with Crippen LogP contribution < -0.4 is 0 Å². The van der Waals surface area contributed by atoms with Gasteiger partial charge in [0.25, 0.3) is 0 Å². The highest BCUT2D eigenvalue weighted by Gasteiger charge is 2.33. The maximum atomic E-state index is 11.3. The molecule has 0 radical (unpaired) electrons. The van der Waals surface area contributed by atoms with Gasteiger partial charge in [-0.05, 0) is 12.2 Å². The van der Waals surface area contributed by atoms with E-state index in [0.29, 0.717) is 6.42 Å². The maximum absolute atomic E-state index is 11.3. The maximum Gasteiger partial charge on any atom is 0.303 e. The van der Waals surface area contributed by atoms with Crippen LogP contribution in [0.5, 0.6) is 0 Å². The summed E-state index contributed by atoms with van der Waals surface area (Å²) in [6, 6.07) is 0. The van der Waals surface area contributed by atoms with E-state index in [9.17, 15) is 9.59 Å². The van der Waals surface area contributed by atoms with E-state index in [1.54, 1.807) is 6.08 Å². The molecule has 0 heterocycles. The number of allylic oxidation sites excluding steroid dienone is 1. The molecule has 0 spiro atoms. The lowest BCUT2D eigenvalue weighted by molar-refractivity contribution is -0.147. The van der Waals surface area contributed by atoms with Crippen LogP contribution in [0.2, 0.25) is 0 Å². The number of hydrogen-bond acceptors (Lipinski definition) is 3. The minimum Gasteiger partial charge on any atom is -0.458 e. The van der Waals surface area contributed by atoms with Crippen molar-refractivity contribution in [1.82, 2.24) is 0 Å². The van der Waals surface area contributed by atoms with E-state index in [0.717, 1.165) is 0 Å². The molecule has 72 valence electrons. The fraction of sp³-hybridized carbons (Fsp3) is 0.600. The number of carbonyl (C=O) groups is 2. The van der Waals surface area contributed by atoms with Gasteiger partial charge in [0.1, 0.15) is 6.10 Å². The summed E-state index contributed by atoms with van der Waals surface area (Å²) in [6.07, 6.45) is 3.47. The zero-order valence-corrected chi connectivity index (χ0v) is 8.16. The van der Waals surface area contributed by atoms with Crippen molar-refractivity contribution < 1.29 is 14.3 Å². The van der Waals surface area contributed by atoms with Crippen LogP contribution in [-0.2, 0) is 14.3 Å². The Bertz CT molecular complexity index is 263. The second kappa shape index (κ2) is 3.32. The summed E-state index contributed by atoms with van der Waals surface area (Å²) in [5.41, 5.74) is -0.408. The summed E-state index contributed by atoms with van der Waals surface area (Å²) in [5.74, 6) is -0.212. The van der Waals surface area contributed by atoms with Crippen LogP contribution in [0.4, 0.5) is 0 Å². The molecule has 0 aromatic carbocycles. The van der Waals surface area contributed by atoms with Crippen molar-refractivity contribution in [2.45, 2.75) is 33.3 Å². The molecule has 1 aliphatic carbocycles. The Morgan fingerprint density at radius 2 is 2.23 bits per heavy atom. The Hall–Kier alpha value is -1.12. The number of hydrogen-bond donors (Lipinski definition) is 0. The van der Waals surface area contributed by atoms with Crippen LogP contribution in [0.25, 0.3) is 0 Å². The monoisotopic (exact) mass is 182 g/mol. The molecule has 0 aromatic rings. The molecule has 3 heteroatoms. The Morgan fingerprint density at radius 3 is 2.69 bits per heavy atom. The number of carbonyl (C=O) groups excluding carboxylic acids is 2. The van der Waals surface area contributed by atoms with E-state index in [1.165, 1.54) is 13.0 Å². The first kappa shape index (κ1) is 9.96. The van der Waals surface area contributed by atoms with Crippen molar-refractivity contribution >= 4 is 11.8 Å². The SMILES string of the molecule is CC(=O)OC1C=CC(=O)C(C)(C)C1. The largest absolute Gasteiger partial charge is 0.458 e. The molecule has 0 amide bonds. The second-order valence-corrected chi connectivity index (χ2v) is 3.96. The van der Waals surface area contributed by atoms with Gasteiger partial charge in [0.15, 0.2) is 5.78 Å². The first-order valence-corrected chi connectivity index (χ1v) is 4.32. The van der Waals surface area contributed by atoms with Gasteiger partial charge in [0.05, 0.1) is 0 Å². The summed E-state index contributed by atoms with van der Waals surface area (Å²) >= 11 is 0. The van der Waals surface area contributed by atoms with E-state index >= 15 is 0 Å². The van der Waals surface area contributed by atoms with Crippen LogP contribution in [0.3, 0.4) is 0 Å². The molecule has 13 heavy (non-hydrogen) atoms. The molecule has 1 unspecified atom stereocenters. The molecule has 0 fully saturated rings. The summed E-state index contributed by atoms with van der Waals surface area (Å²) in [6.45, 7) is 5.09. The highest BCUT2D eigenvalue weighted by molar-refractivity contribution is 5.95. The molecule has 0 saturated carbocycles. The molecule has 0 bridgehead atoms. The Labute approximate surface area is 77.8 Å². The first-order valence-electron chi connectivity index (χ1n) is 4.32. The van der Waals surface area contributed by atoms with Gasteiger partial charge in [-0.15, -0.1) is 0 Å². The standard InChI is InChI=1S/C10H14O3/c1-7(11)13-8-4-5-9(12)10(2,3)6-8/h4-5,8H,6H2,1-3H3. The Morgan fingerprint density at radius 1 is 1.62 bits per heavy atom. The average Bonchev–Trinajstić information content (AvgIpc) is 1.95. The number of rotatable bonds is 1. The summed E-state index contributed by atoms with van der Waals surface area (Å²) in [5, 5.41) is 0. The van der Waals surface area contributed by atoms with Crippen LogP contribution in [0.15, 0.2) is 12.2 Å². The fourth-order valence-electron chi connectivity index (χ4n) is 1.39. The van der Waals surface area contributed by atoms with Crippen LogP contribution in [-0.4, -0.2) is 17.9 Å². The lowest BCUT2D eigenvalue weighted by atomic mass is 9.79. The Balaban J connectivity index is 2.69. The van der Waals surface area contributed by atoms with Crippen molar-refractivity contribution in [3.8, 4) is 0 Å². The van der Waals surface area contributed by atoms with Gasteiger partial charge in [-0.2, -0.15) is 0 Å². The average molecular weight is 182 g/mol. The fourth-order valence-corrected chi connectivity index (χ4v) is 1.39. The van der Waals surface area contributed by atoms with Crippen LogP contribution >= 0.6 is 0 Å². The van der Waals surface area contributed by atoms with Crippen molar-refractivity contribution in [3.05, 3.63) is 12.2 Å². The third-order valence-corrected chi connectivity index (χ3v) is 2.16. The lowest BCUT2D eigenvalue weighted by Crippen LogP contribution is -2.33. The van der Waals surface area contributed by atoms with Crippen LogP contribution in [0, 0.1) is 5.41 Å². The van der Waals surface area contributed by atoms with Crippen molar-refractivity contribution in [2.75, 3.05) is 0 Å². The zero-order chi connectivity index (χ0) is 10.1. The topological polar surface area (TPSA) is 43.4 Å². The molecule has 3 nitrogen and oxygen atoms in total. The molecule has 0 aliphatic heterocycles. The number of ketones is 1. The smallest absolute Gasteiger partial charge is 0.303 e. The summed E-state index contributed by atoms with van der Waals surface area (Å²) in [4.78, 5) is 22.0. The first-order chi connectivity index (χ1) is 5.92. The van der Waals surface area contributed by atoms with E-state index < -0.39 is 5.41 Å². The van der Waals surface area contributed by atoms with Gasteiger partial charge in [0, 0.05) is 18.8 Å². The summed E-state index contributed by atoms with van der Waals surface area (Å²) < 4.78 is 5.00. The third kappa shape index (κ3) is 2.41. The minimum atomic E-state index is -0.408.